The van der Waals surface area contributed by atoms with Gasteiger partial charge in [0.1, 0.15) is 5.82 Å². The summed E-state index contributed by atoms with van der Waals surface area (Å²) in [6, 6.07) is 4.10. The number of hydrogen-bond donors (Lipinski definition) is 1. The molecule has 0 saturated carbocycles. The van der Waals surface area contributed by atoms with E-state index in [2.05, 4.69) is 19.8 Å². The highest BCUT2D eigenvalue weighted by atomic mass is 16.5. The number of hydrogen-bond acceptors (Lipinski definition) is 6. The van der Waals surface area contributed by atoms with E-state index >= 15 is 0 Å². The molecular formula is C19H26N4O3. The minimum Gasteiger partial charge on any atom is -0.493 e. The van der Waals surface area contributed by atoms with E-state index in [-0.39, 0.29) is 5.56 Å². The zero-order valence-electron chi connectivity index (χ0n) is 15.5. The molecule has 4 rings (SSSR count). The van der Waals surface area contributed by atoms with E-state index in [0.717, 1.165) is 13.1 Å². The van der Waals surface area contributed by atoms with Gasteiger partial charge in [-0.2, -0.15) is 0 Å². The summed E-state index contributed by atoms with van der Waals surface area (Å²) in [5.74, 6) is 1.82. The van der Waals surface area contributed by atoms with Crippen molar-refractivity contribution < 1.29 is 9.47 Å². The van der Waals surface area contributed by atoms with Crippen LogP contribution in [0.15, 0.2) is 16.9 Å². The molecule has 3 heterocycles. The Bertz CT molecular complexity index is 845. The second-order valence-electron chi connectivity index (χ2n) is 7.16. The number of aromatic nitrogens is 2. The van der Waals surface area contributed by atoms with Crippen molar-refractivity contribution in [2.24, 2.45) is 0 Å². The first kappa shape index (κ1) is 17.3. The normalized spacial score (nSPS) is 21.5. The summed E-state index contributed by atoms with van der Waals surface area (Å²) in [6.45, 7) is 5.22. The van der Waals surface area contributed by atoms with Gasteiger partial charge in [0, 0.05) is 25.2 Å². The van der Waals surface area contributed by atoms with Gasteiger partial charge in [0.15, 0.2) is 11.5 Å². The van der Waals surface area contributed by atoms with Crippen LogP contribution in [-0.4, -0.2) is 66.2 Å². The zero-order valence-corrected chi connectivity index (χ0v) is 15.5. The number of likely N-dealkylation sites (tertiary alicyclic amines) is 2. The van der Waals surface area contributed by atoms with E-state index in [9.17, 15) is 4.79 Å². The summed E-state index contributed by atoms with van der Waals surface area (Å²) in [6.07, 6.45) is 3.84. The summed E-state index contributed by atoms with van der Waals surface area (Å²) in [5, 5.41) is 0.516. The molecule has 7 nitrogen and oxygen atoms in total. The standard InChI is InChI=1S/C19H26N4O3/c1-25-16-9-14-15(10-17(16)26-2)20-18(21-19(14)24)12-22-8-5-13(11-22)23-6-3-4-7-23/h9-10,13H,3-8,11-12H2,1-2H3,(H,20,21,24). The Labute approximate surface area is 152 Å². The van der Waals surface area contributed by atoms with Crippen LogP contribution in [0.3, 0.4) is 0 Å². The van der Waals surface area contributed by atoms with Crippen molar-refractivity contribution in [1.29, 1.82) is 0 Å². The summed E-state index contributed by atoms with van der Waals surface area (Å²) in [7, 11) is 3.14. The molecule has 140 valence electrons. The Hall–Kier alpha value is -2.12. The molecule has 0 spiro atoms. The number of ether oxygens (including phenoxy) is 2. The first-order valence-electron chi connectivity index (χ1n) is 9.29. The Kier molecular flexibility index (Phi) is 4.82. The number of nitrogens with one attached hydrogen (secondary N) is 1. The molecule has 1 aromatic heterocycles. The van der Waals surface area contributed by atoms with Crippen molar-refractivity contribution in [2.45, 2.75) is 31.8 Å². The number of nitrogens with zero attached hydrogens (tertiary/aromatic N) is 3. The van der Waals surface area contributed by atoms with Crippen LogP contribution in [0.4, 0.5) is 0 Å². The minimum absolute atomic E-state index is 0.138. The number of fused-ring (bicyclic) bond motifs is 1. The van der Waals surface area contributed by atoms with E-state index < -0.39 is 0 Å². The number of H-pyrrole nitrogens is 1. The highest BCUT2D eigenvalue weighted by Crippen LogP contribution is 2.30. The van der Waals surface area contributed by atoms with Gasteiger partial charge in [0.2, 0.25) is 0 Å². The molecule has 2 aromatic rings. The molecule has 0 amide bonds. The highest BCUT2D eigenvalue weighted by molar-refractivity contribution is 5.81. The van der Waals surface area contributed by atoms with Crippen molar-refractivity contribution in [1.82, 2.24) is 19.8 Å². The van der Waals surface area contributed by atoms with Crippen LogP contribution in [0.25, 0.3) is 10.9 Å². The van der Waals surface area contributed by atoms with Gasteiger partial charge in [0.05, 0.1) is 31.7 Å². The lowest BCUT2D eigenvalue weighted by Crippen LogP contribution is -2.35. The average molecular weight is 358 g/mol. The summed E-state index contributed by atoms with van der Waals surface area (Å²) < 4.78 is 10.6. The number of aromatic amines is 1. The summed E-state index contributed by atoms with van der Waals surface area (Å²) in [5.41, 5.74) is 0.498. The quantitative estimate of drug-likeness (QED) is 0.876. The van der Waals surface area contributed by atoms with Crippen molar-refractivity contribution in [3.8, 4) is 11.5 Å². The van der Waals surface area contributed by atoms with E-state index in [0.29, 0.717) is 40.8 Å². The maximum atomic E-state index is 12.5. The monoisotopic (exact) mass is 358 g/mol. The predicted octanol–water partition coefficient (Wildman–Crippen LogP) is 1.61. The molecule has 2 aliphatic rings. The number of methoxy groups -OCH3 is 2. The second kappa shape index (κ2) is 7.25. The molecule has 0 bridgehead atoms. The molecule has 2 aliphatic heterocycles. The maximum absolute atomic E-state index is 12.5. The van der Waals surface area contributed by atoms with Crippen LogP contribution in [0.2, 0.25) is 0 Å². The lowest BCUT2D eigenvalue weighted by molar-refractivity contribution is 0.228. The largest absolute Gasteiger partial charge is 0.493 e. The van der Waals surface area contributed by atoms with Crippen molar-refractivity contribution in [3.63, 3.8) is 0 Å². The lowest BCUT2D eigenvalue weighted by atomic mass is 10.2. The maximum Gasteiger partial charge on any atom is 0.258 e. The van der Waals surface area contributed by atoms with Gasteiger partial charge in [0.25, 0.3) is 5.56 Å². The zero-order chi connectivity index (χ0) is 18.1. The van der Waals surface area contributed by atoms with Crippen molar-refractivity contribution in [3.05, 3.63) is 28.3 Å². The SMILES string of the molecule is COc1cc2nc(CN3CCC(N4CCCC4)C3)[nH]c(=O)c2cc1OC. The molecule has 0 aliphatic carbocycles. The number of rotatable bonds is 5. The summed E-state index contributed by atoms with van der Waals surface area (Å²) in [4.78, 5) is 25.1. The van der Waals surface area contributed by atoms with Crippen molar-refractivity contribution >= 4 is 10.9 Å². The van der Waals surface area contributed by atoms with Crippen LogP contribution >= 0.6 is 0 Å². The third kappa shape index (κ3) is 3.29. The summed E-state index contributed by atoms with van der Waals surface area (Å²) >= 11 is 0. The molecule has 1 aromatic carbocycles. The fourth-order valence-corrected chi connectivity index (χ4v) is 4.16. The van der Waals surface area contributed by atoms with Gasteiger partial charge < -0.3 is 14.5 Å². The van der Waals surface area contributed by atoms with Gasteiger partial charge >= 0.3 is 0 Å². The van der Waals surface area contributed by atoms with E-state index in [1.54, 1.807) is 26.4 Å². The van der Waals surface area contributed by atoms with Crippen LogP contribution in [-0.2, 0) is 6.54 Å². The lowest BCUT2D eigenvalue weighted by Gasteiger charge is -2.23. The average Bonchev–Trinajstić information content (AvgIpc) is 3.32. The molecule has 26 heavy (non-hydrogen) atoms. The predicted molar refractivity (Wildman–Crippen MR) is 100.0 cm³/mol. The third-order valence-corrected chi connectivity index (χ3v) is 5.54. The van der Waals surface area contributed by atoms with Gasteiger partial charge in [-0.15, -0.1) is 0 Å². The third-order valence-electron chi connectivity index (χ3n) is 5.54. The molecule has 1 unspecified atom stereocenters. The van der Waals surface area contributed by atoms with E-state index in [4.69, 9.17) is 9.47 Å². The number of benzene rings is 1. The van der Waals surface area contributed by atoms with Gasteiger partial charge in [-0.1, -0.05) is 0 Å². The Morgan fingerprint density at radius 3 is 2.62 bits per heavy atom. The van der Waals surface area contributed by atoms with Gasteiger partial charge in [-0.3, -0.25) is 14.6 Å². The van der Waals surface area contributed by atoms with E-state index in [1.807, 2.05) is 0 Å². The molecule has 1 atom stereocenters. The molecular weight excluding hydrogens is 332 g/mol. The molecule has 2 saturated heterocycles. The second-order valence-corrected chi connectivity index (χ2v) is 7.16. The van der Waals surface area contributed by atoms with Crippen LogP contribution in [0.5, 0.6) is 11.5 Å². The molecule has 7 heteroatoms. The minimum atomic E-state index is -0.138. The van der Waals surface area contributed by atoms with Gasteiger partial charge in [-0.05, 0) is 38.4 Å². The first-order valence-corrected chi connectivity index (χ1v) is 9.29. The Morgan fingerprint density at radius 1 is 1.15 bits per heavy atom. The first-order chi connectivity index (χ1) is 12.7. The fraction of sp³-hybridized carbons (Fsp3) is 0.579. The molecule has 1 N–H and O–H groups in total. The molecule has 0 radical (unpaired) electrons. The van der Waals surface area contributed by atoms with Crippen LogP contribution in [0, 0.1) is 0 Å². The van der Waals surface area contributed by atoms with Gasteiger partial charge in [-0.25, -0.2) is 4.98 Å². The molecule has 2 fully saturated rings. The Morgan fingerprint density at radius 2 is 1.88 bits per heavy atom. The highest BCUT2D eigenvalue weighted by Gasteiger charge is 2.29. The Balaban J connectivity index is 1.54. The smallest absolute Gasteiger partial charge is 0.258 e. The van der Waals surface area contributed by atoms with Crippen LogP contribution in [0.1, 0.15) is 25.1 Å². The van der Waals surface area contributed by atoms with E-state index in [1.165, 1.54) is 32.4 Å². The van der Waals surface area contributed by atoms with Crippen LogP contribution < -0.4 is 15.0 Å². The van der Waals surface area contributed by atoms with Crippen molar-refractivity contribution in [2.75, 3.05) is 40.4 Å². The fourth-order valence-electron chi connectivity index (χ4n) is 4.16. The topological polar surface area (TPSA) is 70.7 Å².